The molecule has 0 aromatic heterocycles. The smallest absolute Gasteiger partial charge is 0.00851 e. The standard InChI is InChI=1S/C28H46/c1-7-15-26(5)16-13-21-9-10-22-24(27(21,6)19-18-26)14-17-28(8-2)23(20(3)4)11-12-25(22)28/h9,22-25H,3,7-8,10-19H2,1-2,4-6H3/t22?,23?,24?,25?,26-,27?,28?/m0/s1. The van der Waals surface area contributed by atoms with Crippen LogP contribution in [0.1, 0.15) is 112 Å². The van der Waals surface area contributed by atoms with Gasteiger partial charge in [0.25, 0.3) is 0 Å². The molecule has 7 atom stereocenters. The first-order valence-electron chi connectivity index (χ1n) is 12.6. The van der Waals surface area contributed by atoms with Gasteiger partial charge in [-0.3, -0.25) is 0 Å². The predicted molar refractivity (Wildman–Crippen MR) is 122 cm³/mol. The Bertz CT molecular complexity index is 640. The summed E-state index contributed by atoms with van der Waals surface area (Å²) in [6, 6.07) is 0. The van der Waals surface area contributed by atoms with Gasteiger partial charge < -0.3 is 0 Å². The van der Waals surface area contributed by atoms with Crippen LogP contribution < -0.4 is 0 Å². The molecule has 4 aliphatic carbocycles. The first-order chi connectivity index (χ1) is 13.3. The van der Waals surface area contributed by atoms with Crippen LogP contribution in [0, 0.1) is 39.9 Å². The molecule has 0 radical (unpaired) electrons. The fourth-order valence-corrected chi connectivity index (χ4v) is 9.10. The molecule has 28 heavy (non-hydrogen) atoms. The summed E-state index contributed by atoms with van der Waals surface area (Å²) in [6.07, 6.45) is 19.9. The molecule has 0 saturated heterocycles. The van der Waals surface area contributed by atoms with E-state index in [1.165, 1.54) is 82.6 Å². The maximum atomic E-state index is 4.44. The number of hydrogen-bond acceptors (Lipinski definition) is 0. The lowest BCUT2D eigenvalue weighted by Crippen LogP contribution is -2.49. The fourth-order valence-electron chi connectivity index (χ4n) is 9.10. The number of rotatable bonds is 4. The van der Waals surface area contributed by atoms with Crippen molar-refractivity contribution in [1.82, 2.24) is 0 Å². The van der Waals surface area contributed by atoms with Gasteiger partial charge in [-0.2, -0.15) is 0 Å². The lowest BCUT2D eigenvalue weighted by atomic mass is 9.47. The molecule has 0 bridgehead atoms. The van der Waals surface area contributed by atoms with Gasteiger partial charge >= 0.3 is 0 Å². The molecular formula is C28H46. The average molecular weight is 383 g/mol. The Morgan fingerprint density at radius 2 is 1.82 bits per heavy atom. The summed E-state index contributed by atoms with van der Waals surface area (Å²) in [5.74, 6) is 3.65. The monoisotopic (exact) mass is 382 g/mol. The van der Waals surface area contributed by atoms with Crippen molar-refractivity contribution >= 4 is 0 Å². The van der Waals surface area contributed by atoms with Crippen molar-refractivity contribution in [3.05, 3.63) is 23.8 Å². The van der Waals surface area contributed by atoms with Crippen LogP contribution >= 0.6 is 0 Å². The van der Waals surface area contributed by atoms with Crippen LogP contribution in [0.25, 0.3) is 0 Å². The summed E-state index contributed by atoms with van der Waals surface area (Å²) >= 11 is 0. The fraction of sp³-hybridized carbons (Fsp3) is 0.857. The van der Waals surface area contributed by atoms with E-state index in [9.17, 15) is 0 Å². The van der Waals surface area contributed by atoms with E-state index in [-0.39, 0.29) is 0 Å². The van der Waals surface area contributed by atoms with Crippen LogP contribution in [0.2, 0.25) is 0 Å². The molecule has 0 aromatic rings. The van der Waals surface area contributed by atoms with Crippen molar-refractivity contribution in [2.24, 2.45) is 39.9 Å². The Hall–Kier alpha value is -0.520. The van der Waals surface area contributed by atoms with Crippen molar-refractivity contribution in [2.75, 3.05) is 0 Å². The van der Waals surface area contributed by atoms with E-state index in [1.54, 1.807) is 0 Å². The third-order valence-electron chi connectivity index (χ3n) is 10.7. The normalized spacial score (nSPS) is 48.1. The van der Waals surface area contributed by atoms with Crippen LogP contribution in [-0.2, 0) is 0 Å². The van der Waals surface area contributed by atoms with Crippen molar-refractivity contribution in [2.45, 2.75) is 112 Å². The summed E-state index contributed by atoms with van der Waals surface area (Å²) < 4.78 is 0. The lowest BCUT2D eigenvalue weighted by Gasteiger charge is -2.57. The number of fused-ring (bicyclic) bond motifs is 5. The van der Waals surface area contributed by atoms with E-state index in [4.69, 9.17) is 0 Å². The lowest BCUT2D eigenvalue weighted by molar-refractivity contribution is -0.0440. The van der Waals surface area contributed by atoms with Gasteiger partial charge in [0, 0.05) is 0 Å². The topological polar surface area (TPSA) is 0 Å². The second-order valence-electron chi connectivity index (χ2n) is 11.9. The summed E-state index contributed by atoms with van der Waals surface area (Å²) in [5, 5.41) is 0. The SMILES string of the molecule is C=C(C)C1CCC2C3CC=C4CC[C@](C)(CCC)CCC4(C)C3CCC12CC. The molecule has 6 unspecified atom stereocenters. The minimum absolute atomic E-state index is 0.496. The van der Waals surface area contributed by atoms with Crippen LogP contribution in [0.5, 0.6) is 0 Å². The largest absolute Gasteiger partial charge is 0.0998 e. The zero-order valence-electron chi connectivity index (χ0n) is 19.6. The maximum absolute atomic E-state index is 4.44. The highest BCUT2D eigenvalue weighted by Crippen LogP contribution is 2.68. The third-order valence-corrected chi connectivity index (χ3v) is 10.7. The van der Waals surface area contributed by atoms with Gasteiger partial charge in [-0.25, -0.2) is 0 Å². The summed E-state index contributed by atoms with van der Waals surface area (Å²) in [6.45, 7) is 16.9. The predicted octanol–water partition coefficient (Wildman–Crippen LogP) is 8.73. The second-order valence-corrected chi connectivity index (χ2v) is 11.9. The van der Waals surface area contributed by atoms with E-state index in [1.807, 2.05) is 5.57 Å². The molecule has 0 nitrogen and oxygen atoms in total. The molecule has 158 valence electrons. The molecule has 0 spiro atoms. The van der Waals surface area contributed by atoms with Gasteiger partial charge in [0.2, 0.25) is 0 Å². The van der Waals surface area contributed by atoms with Gasteiger partial charge in [-0.15, -0.1) is 0 Å². The van der Waals surface area contributed by atoms with Gasteiger partial charge in [0.15, 0.2) is 0 Å². The third kappa shape index (κ3) is 2.99. The summed E-state index contributed by atoms with van der Waals surface area (Å²) in [4.78, 5) is 0. The number of allylic oxidation sites excluding steroid dienone is 3. The highest BCUT2D eigenvalue weighted by atomic mass is 14.6. The molecule has 3 saturated carbocycles. The Labute approximate surface area is 175 Å². The van der Waals surface area contributed by atoms with E-state index in [0.717, 1.165) is 23.7 Å². The van der Waals surface area contributed by atoms with Gasteiger partial charge in [-0.05, 0) is 117 Å². The Morgan fingerprint density at radius 1 is 1.04 bits per heavy atom. The van der Waals surface area contributed by atoms with Crippen LogP contribution in [-0.4, -0.2) is 0 Å². The quantitative estimate of drug-likeness (QED) is 0.426. The molecular weight excluding hydrogens is 336 g/mol. The molecule has 0 aromatic carbocycles. The molecule has 3 fully saturated rings. The molecule has 0 heterocycles. The van der Waals surface area contributed by atoms with E-state index < -0.39 is 0 Å². The maximum Gasteiger partial charge on any atom is -0.00851 e. The molecule has 0 aliphatic heterocycles. The molecule has 0 heteroatoms. The van der Waals surface area contributed by atoms with Crippen LogP contribution in [0.3, 0.4) is 0 Å². The van der Waals surface area contributed by atoms with Crippen molar-refractivity contribution in [3.8, 4) is 0 Å². The van der Waals surface area contributed by atoms with Crippen LogP contribution in [0.15, 0.2) is 23.8 Å². The highest BCUT2D eigenvalue weighted by molar-refractivity contribution is 5.25. The van der Waals surface area contributed by atoms with Crippen molar-refractivity contribution in [1.29, 1.82) is 0 Å². The van der Waals surface area contributed by atoms with E-state index in [2.05, 4.69) is 47.3 Å². The molecule has 4 aliphatic rings. The zero-order chi connectivity index (χ0) is 20.2. The average Bonchev–Trinajstić information content (AvgIpc) is 3.01. The number of hydrogen-bond donors (Lipinski definition) is 0. The minimum atomic E-state index is 0.496. The first-order valence-corrected chi connectivity index (χ1v) is 12.6. The van der Waals surface area contributed by atoms with Gasteiger partial charge in [-0.1, -0.05) is 57.9 Å². The Balaban J connectivity index is 1.63. The Kier molecular flexibility index (Phi) is 5.42. The molecule has 0 N–H and O–H groups in total. The van der Waals surface area contributed by atoms with E-state index >= 15 is 0 Å². The van der Waals surface area contributed by atoms with Crippen molar-refractivity contribution in [3.63, 3.8) is 0 Å². The Morgan fingerprint density at radius 3 is 2.50 bits per heavy atom. The molecule has 0 amide bonds. The van der Waals surface area contributed by atoms with Gasteiger partial charge in [0.05, 0.1) is 0 Å². The molecule has 4 rings (SSSR count). The second kappa shape index (κ2) is 7.31. The van der Waals surface area contributed by atoms with E-state index in [0.29, 0.717) is 16.2 Å². The summed E-state index contributed by atoms with van der Waals surface area (Å²) in [7, 11) is 0. The highest BCUT2D eigenvalue weighted by Gasteiger charge is 2.59. The zero-order valence-corrected chi connectivity index (χ0v) is 19.6. The van der Waals surface area contributed by atoms with Crippen LogP contribution in [0.4, 0.5) is 0 Å². The minimum Gasteiger partial charge on any atom is -0.0998 e. The first kappa shape index (κ1) is 20.7. The van der Waals surface area contributed by atoms with Gasteiger partial charge in [0.1, 0.15) is 0 Å². The van der Waals surface area contributed by atoms with Crippen molar-refractivity contribution < 1.29 is 0 Å². The summed E-state index contributed by atoms with van der Waals surface area (Å²) in [5.41, 5.74) is 5.01.